The summed E-state index contributed by atoms with van der Waals surface area (Å²) in [5.41, 5.74) is 4.88. The third-order valence-corrected chi connectivity index (χ3v) is 5.77. The van der Waals surface area contributed by atoms with Crippen molar-refractivity contribution in [2.45, 2.75) is 116 Å². The Morgan fingerprint density at radius 2 is 1.32 bits per heavy atom. The first-order valence-electron chi connectivity index (χ1n) is 11.8. The number of aliphatic hydroxyl groups is 1. The molecule has 7 nitrogen and oxygen atoms in total. The maximum Gasteiger partial charge on any atom is 0.397 e. The first kappa shape index (κ1) is 32.4. The van der Waals surface area contributed by atoms with Gasteiger partial charge in [-0.25, -0.2) is 0 Å². The molecule has 0 aliphatic heterocycles. The molecule has 0 aromatic rings. The molecule has 31 heavy (non-hydrogen) atoms. The molecule has 4 N–H and O–H groups in total. The summed E-state index contributed by atoms with van der Waals surface area (Å²) in [6.07, 6.45) is 22.0. The number of ketones is 1. The van der Waals surface area contributed by atoms with Crippen molar-refractivity contribution in [3.05, 3.63) is 12.2 Å². The van der Waals surface area contributed by atoms with Crippen molar-refractivity contribution >= 4 is 16.2 Å². The minimum atomic E-state index is -4.16. The van der Waals surface area contributed by atoms with Crippen molar-refractivity contribution in [2.24, 2.45) is 5.73 Å². The molecule has 0 bridgehead atoms. The molecule has 0 radical (unpaired) electrons. The summed E-state index contributed by atoms with van der Waals surface area (Å²) in [7, 11) is -3.29. The van der Waals surface area contributed by atoms with Gasteiger partial charge in [0, 0.05) is 6.42 Å². The van der Waals surface area contributed by atoms with Gasteiger partial charge in [0.1, 0.15) is 0 Å². The molecular formula is C23H47NO6S. The van der Waals surface area contributed by atoms with E-state index in [0.29, 0.717) is 12.8 Å². The monoisotopic (exact) mass is 465 g/mol. The van der Waals surface area contributed by atoms with E-state index < -0.39 is 15.9 Å². The Balaban J connectivity index is 0. The van der Waals surface area contributed by atoms with Crippen LogP contribution in [0.3, 0.4) is 0 Å². The zero-order valence-corrected chi connectivity index (χ0v) is 20.8. The lowest BCUT2D eigenvalue weighted by atomic mass is 9.89. The van der Waals surface area contributed by atoms with Crippen LogP contribution in [0.25, 0.3) is 0 Å². The number of unbranched alkanes of at least 4 members (excludes halogenated alkanes) is 11. The number of carbonyl (C=O) groups is 1. The molecule has 0 rings (SSSR count). The molecule has 0 saturated carbocycles. The van der Waals surface area contributed by atoms with Gasteiger partial charge in [-0.3, -0.25) is 13.5 Å². The lowest BCUT2D eigenvalue weighted by molar-refractivity contribution is -0.125. The van der Waals surface area contributed by atoms with Gasteiger partial charge in [0.2, 0.25) is 0 Å². The summed E-state index contributed by atoms with van der Waals surface area (Å²) in [5, 5.41) is 9.23. The highest BCUT2D eigenvalue weighted by Crippen LogP contribution is 2.14. The summed E-state index contributed by atoms with van der Waals surface area (Å²) in [6.45, 7) is 3.87. The van der Waals surface area contributed by atoms with E-state index in [1.165, 1.54) is 70.6 Å². The standard InChI is InChI=1S/C22H43NO2.CH4O4S/c1-3-5-6-7-8-9-10-11-12-13-14-15-16-17-18-19-21(25)22(23,4-2)20-24;1-5-6(2,3)4/h11-12,24H,3-10,13-20,23H2,1-2H3;1H3,(H,2,3,4). The van der Waals surface area contributed by atoms with E-state index in [0.717, 1.165) is 20.0 Å². The quantitative estimate of drug-likeness (QED) is 0.137. The second-order valence-electron chi connectivity index (χ2n) is 8.02. The third kappa shape index (κ3) is 22.2. The van der Waals surface area contributed by atoms with Crippen molar-refractivity contribution < 1.29 is 27.1 Å². The second kappa shape index (κ2) is 21.1. The number of allylic oxidation sites excluding steroid dienone is 2. The molecule has 8 heteroatoms. The van der Waals surface area contributed by atoms with Gasteiger partial charge in [-0.2, -0.15) is 8.42 Å². The molecule has 0 spiro atoms. The topological polar surface area (TPSA) is 127 Å². The molecule has 0 aromatic carbocycles. The highest BCUT2D eigenvalue weighted by atomic mass is 32.3. The predicted molar refractivity (Wildman–Crippen MR) is 127 cm³/mol. The van der Waals surface area contributed by atoms with Gasteiger partial charge in [-0.05, 0) is 38.5 Å². The van der Waals surface area contributed by atoms with Crippen molar-refractivity contribution in [3.63, 3.8) is 0 Å². The molecule has 0 heterocycles. The van der Waals surface area contributed by atoms with E-state index in [4.69, 9.17) is 10.3 Å². The van der Waals surface area contributed by atoms with Crippen molar-refractivity contribution in [1.29, 1.82) is 0 Å². The molecule has 0 aliphatic rings. The van der Waals surface area contributed by atoms with Gasteiger partial charge >= 0.3 is 10.4 Å². The number of hydrogen-bond donors (Lipinski definition) is 3. The molecule has 0 saturated heterocycles. The van der Waals surface area contributed by atoms with Crippen LogP contribution in [0.4, 0.5) is 0 Å². The normalized spacial score (nSPS) is 13.6. The van der Waals surface area contributed by atoms with Crippen LogP contribution in [-0.2, 0) is 19.4 Å². The number of hydrogen-bond acceptors (Lipinski definition) is 6. The van der Waals surface area contributed by atoms with Crippen LogP contribution in [0.2, 0.25) is 0 Å². The Bertz CT molecular complexity index is 544. The first-order valence-corrected chi connectivity index (χ1v) is 13.1. The zero-order chi connectivity index (χ0) is 24.0. The highest BCUT2D eigenvalue weighted by molar-refractivity contribution is 7.80. The fourth-order valence-electron chi connectivity index (χ4n) is 3.00. The molecule has 1 atom stereocenters. The molecule has 1 unspecified atom stereocenters. The number of aliphatic hydroxyl groups excluding tert-OH is 1. The van der Waals surface area contributed by atoms with Crippen LogP contribution < -0.4 is 5.73 Å². The van der Waals surface area contributed by atoms with Crippen molar-refractivity contribution in [2.75, 3.05) is 13.7 Å². The van der Waals surface area contributed by atoms with E-state index in [9.17, 15) is 18.3 Å². The minimum Gasteiger partial charge on any atom is -0.394 e. The van der Waals surface area contributed by atoms with E-state index in [-0.39, 0.29) is 12.4 Å². The van der Waals surface area contributed by atoms with Gasteiger partial charge in [-0.15, -0.1) is 0 Å². The van der Waals surface area contributed by atoms with Crippen LogP contribution in [0.15, 0.2) is 12.2 Å². The van der Waals surface area contributed by atoms with Crippen LogP contribution in [-0.4, -0.2) is 43.1 Å². The summed E-state index contributed by atoms with van der Waals surface area (Å²) < 4.78 is 29.7. The molecule has 0 amide bonds. The number of rotatable bonds is 19. The largest absolute Gasteiger partial charge is 0.397 e. The summed E-state index contributed by atoms with van der Waals surface area (Å²) >= 11 is 0. The summed E-state index contributed by atoms with van der Waals surface area (Å²) in [5.74, 6) is 0.00938. The number of nitrogens with two attached hydrogens (primary N) is 1. The first-order chi connectivity index (χ1) is 14.7. The lowest BCUT2D eigenvalue weighted by Gasteiger charge is -2.23. The van der Waals surface area contributed by atoms with Crippen molar-refractivity contribution in [3.8, 4) is 0 Å². The second-order valence-corrected chi connectivity index (χ2v) is 9.21. The smallest absolute Gasteiger partial charge is 0.394 e. The Morgan fingerprint density at radius 3 is 1.71 bits per heavy atom. The molecule has 0 aromatic heterocycles. The Kier molecular flexibility index (Phi) is 22.0. The SMILES string of the molecule is CCCCCCCCC=CCCCCCCCC(=O)C(N)(CC)CO.COS(=O)(=O)O. The Labute approximate surface area is 190 Å². The molecular weight excluding hydrogens is 418 g/mol. The van der Waals surface area contributed by atoms with E-state index in [1.807, 2.05) is 6.92 Å². The van der Waals surface area contributed by atoms with Crippen LogP contribution in [0, 0.1) is 0 Å². The average molecular weight is 466 g/mol. The van der Waals surface area contributed by atoms with Crippen molar-refractivity contribution in [1.82, 2.24) is 0 Å². The van der Waals surface area contributed by atoms with Crippen LogP contribution >= 0.6 is 0 Å². The average Bonchev–Trinajstić information content (AvgIpc) is 2.75. The zero-order valence-electron chi connectivity index (χ0n) is 20.0. The van der Waals surface area contributed by atoms with Crippen LogP contribution in [0.5, 0.6) is 0 Å². The Hall–Kier alpha value is -0.800. The predicted octanol–water partition coefficient (Wildman–Crippen LogP) is 5.13. The van der Waals surface area contributed by atoms with Crippen LogP contribution in [0.1, 0.15) is 110 Å². The number of Topliss-reactive ketones (excluding diaryl/α,β-unsaturated/α-hetero) is 1. The highest BCUT2D eigenvalue weighted by Gasteiger charge is 2.29. The van der Waals surface area contributed by atoms with Gasteiger partial charge in [-0.1, -0.05) is 77.4 Å². The van der Waals surface area contributed by atoms with Gasteiger partial charge in [0.05, 0.1) is 19.3 Å². The van der Waals surface area contributed by atoms with E-state index in [1.54, 1.807) is 0 Å². The fourth-order valence-corrected chi connectivity index (χ4v) is 3.00. The fraction of sp³-hybridized carbons (Fsp3) is 0.870. The van der Waals surface area contributed by atoms with E-state index in [2.05, 4.69) is 23.3 Å². The summed E-state index contributed by atoms with van der Waals surface area (Å²) in [6, 6.07) is 0. The molecule has 0 aliphatic carbocycles. The lowest BCUT2D eigenvalue weighted by Crippen LogP contribution is -2.50. The minimum absolute atomic E-state index is 0.00938. The van der Waals surface area contributed by atoms with E-state index >= 15 is 0 Å². The summed E-state index contributed by atoms with van der Waals surface area (Å²) in [4.78, 5) is 12.0. The van der Waals surface area contributed by atoms with Gasteiger partial charge in [0.25, 0.3) is 0 Å². The van der Waals surface area contributed by atoms with Gasteiger partial charge in [0.15, 0.2) is 5.78 Å². The van der Waals surface area contributed by atoms with Gasteiger partial charge < -0.3 is 10.8 Å². The maximum absolute atomic E-state index is 12.0. The molecule has 0 fully saturated rings. The molecule has 186 valence electrons. The third-order valence-electron chi connectivity index (χ3n) is 5.34. The Morgan fingerprint density at radius 1 is 0.903 bits per heavy atom. The maximum atomic E-state index is 12.0. The number of carbonyl (C=O) groups excluding carboxylic acids is 1.